The Morgan fingerprint density at radius 3 is 2.34 bits per heavy atom. The standard InChI is InChI=1S/C23H26N2O5S2/c1-29-21-10-5-17(16-22(21)30-2)11-13-24-23(26)18-6-8-20(9-7-18)32(27,28)25-14-12-19-4-3-15-31-19/h3-10,15-16,25H,11-14H2,1-2H3,(H,24,26). The van der Waals surface area contributed by atoms with Crippen LogP contribution in [0.15, 0.2) is 64.9 Å². The molecule has 0 saturated heterocycles. The zero-order valence-corrected chi connectivity index (χ0v) is 19.6. The van der Waals surface area contributed by atoms with Gasteiger partial charge in [-0.05, 0) is 66.2 Å². The lowest BCUT2D eigenvalue weighted by atomic mass is 10.1. The molecule has 0 fully saturated rings. The van der Waals surface area contributed by atoms with Gasteiger partial charge in [0.05, 0.1) is 19.1 Å². The molecule has 0 bridgehead atoms. The van der Waals surface area contributed by atoms with E-state index in [0.717, 1.165) is 10.4 Å². The van der Waals surface area contributed by atoms with Crippen LogP contribution in [0.3, 0.4) is 0 Å². The number of rotatable bonds is 11. The van der Waals surface area contributed by atoms with Crippen LogP contribution < -0.4 is 19.5 Å². The number of thiophene rings is 1. The van der Waals surface area contributed by atoms with Crippen LogP contribution in [-0.4, -0.2) is 41.6 Å². The molecular weight excluding hydrogens is 448 g/mol. The second-order valence-corrected chi connectivity index (χ2v) is 9.75. The van der Waals surface area contributed by atoms with Gasteiger partial charge in [0.1, 0.15) is 0 Å². The summed E-state index contributed by atoms with van der Waals surface area (Å²) in [5.41, 5.74) is 1.40. The van der Waals surface area contributed by atoms with Crippen molar-refractivity contribution in [3.05, 3.63) is 76.0 Å². The number of benzene rings is 2. The summed E-state index contributed by atoms with van der Waals surface area (Å²) in [5.74, 6) is 1.02. The molecule has 0 aliphatic rings. The van der Waals surface area contributed by atoms with Crippen molar-refractivity contribution in [1.29, 1.82) is 0 Å². The van der Waals surface area contributed by atoms with E-state index in [1.807, 2.05) is 35.7 Å². The van der Waals surface area contributed by atoms with Crippen molar-refractivity contribution in [3.63, 3.8) is 0 Å². The van der Waals surface area contributed by atoms with E-state index in [1.165, 1.54) is 24.3 Å². The zero-order chi connectivity index (χ0) is 23.0. The van der Waals surface area contributed by atoms with Gasteiger partial charge in [0, 0.05) is 23.5 Å². The third-order valence-corrected chi connectivity index (χ3v) is 7.23. The summed E-state index contributed by atoms with van der Waals surface area (Å²) < 4.78 is 38.0. The number of sulfonamides is 1. The summed E-state index contributed by atoms with van der Waals surface area (Å²) in [7, 11) is -0.466. The Morgan fingerprint density at radius 1 is 0.938 bits per heavy atom. The largest absolute Gasteiger partial charge is 0.493 e. The Labute approximate surface area is 192 Å². The van der Waals surface area contributed by atoms with Crippen molar-refractivity contribution >= 4 is 27.3 Å². The van der Waals surface area contributed by atoms with Crippen molar-refractivity contribution in [2.24, 2.45) is 0 Å². The molecule has 7 nitrogen and oxygen atoms in total. The predicted molar refractivity (Wildman–Crippen MR) is 125 cm³/mol. The Morgan fingerprint density at radius 2 is 1.69 bits per heavy atom. The minimum atomic E-state index is -3.62. The second kappa shape index (κ2) is 11.1. The Kier molecular flexibility index (Phi) is 8.26. The molecule has 0 unspecified atom stereocenters. The molecule has 3 rings (SSSR count). The molecule has 9 heteroatoms. The van der Waals surface area contributed by atoms with Gasteiger partial charge < -0.3 is 14.8 Å². The number of methoxy groups -OCH3 is 2. The fourth-order valence-electron chi connectivity index (χ4n) is 3.09. The fourth-order valence-corrected chi connectivity index (χ4v) is 4.83. The van der Waals surface area contributed by atoms with Crippen LogP contribution in [0, 0.1) is 0 Å². The maximum Gasteiger partial charge on any atom is 0.251 e. The SMILES string of the molecule is COc1ccc(CCNC(=O)c2ccc(S(=O)(=O)NCCc3cccs3)cc2)cc1OC. The van der Waals surface area contributed by atoms with Gasteiger partial charge in [0.2, 0.25) is 10.0 Å². The zero-order valence-electron chi connectivity index (χ0n) is 18.0. The van der Waals surface area contributed by atoms with E-state index in [2.05, 4.69) is 10.0 Å². The maximum absolute atomic E-state index is 12.4. The lowest BCUT2D eigenvalue weighted by Gasteiger charge is -2.10. The van der Waals surface area contributed by atoms with Crippen molar-refractivity contribution in [3.8, 4) is 11.5 Å². The highest BCUT2D eigenvalue weighted by Gasteiger charge is 2.15. The van der Waals surface area contributed by atoms with Crippen molar-refractivity contribution in [2.75, 3.05) is 27.3 Å². The topological polar surface area (TPSA) is 93.7 Å². The van der Waals surface area contributed by atoms with Gasteiger partial charge in [-0.2, -0.15) is 0 Å². The normalized spacial score (nSPS) is 11.2. The van der Waals surface area contributed by atoms with Crippen LogP contribution in [0.25, 0.3) is 0 Å². The van der Waals surface area contributed by atoms with E-state index in [0.29, 0.717) is 43.0 Å². The first-order chi connectivity index (χ1) is 15.4. The highest BCUT2D eigenvalue weighted by Crippen LogP contribution is 2.27. The third-order valence-electron chi connectivity index (χ3n) is 4.82. The van der Waals surface area contributed by atoms with Gasteiger partial charge in [-0.1, -0.05) is 12.1 Å². The molecule has 32 heavy (non-hydrogen) atoms. The molecule has 0 radical (unpaired) electrons. The predicted octanol–water partition coefficient (Wildman–Crippen LogP) is 3.26. The van der Waals surface area contributed by atoms with E-state index in [1.54, 1.807) is 25.6 Å². The monoisotopic (exact) mass is 474 g/mol. The maximum atomic E-state index is 12.4. The van der Waals surface area contributed by atoms with Crippen LogP contribution in [-0.2, 0) is 22.9 Å². The summed E-state index contributed by atoms with van der Waals surface area (Å²) in [6, 6.07) is 15.4. The van der Waals surface area contributed by atoms with Crippen molar-refractivity contribution < 1.29 is 22.7 Å². The molecule has 170 valence electrons. The number of nitrogens with one attached hydrogen (secondary N) is 2. The molecule has 0 saturated carbocycles. The molecule has 1 aromatic heterocycles. The van der Waals surface area contributed by atoms with Gasteiger partial charge in [-0.25, -0.2) is 13.1 Å². The molecule has 2 aromatic carbocycles. The number of carbonyl (C=O) groups excluding carboxylic acids is 1. The Bertz CT molecular complexity index is 1130. The average Bonchev–Trinajstić information content (AvgIpc) is 3.32. The molecular formula is C23H26N2O5S2. The molecule has 2 N–H and O–H groups in total. The average molecular weight is 475 g/mol. The van der Waals surface area contributed by atoms with E-state index in [9.17, 15) is 13.2 Å². The number of hydrogen-bond donors (Lipinski definition) is 2. The van der Waals surface area contributed by atoms with Crippen LogP contribution >= 0.6 is 11.3 Å². The number of amides is 1. The van der Waals surface area contributed by atoms with Crippen LogP contribution in [0.1, 0.15) is 20.8 Å². The van der Waals surface area contributed by atoms with E-state index in [4.69, 9.17) is 9.47 Å². The molecule has 1 amide bonds. The summed E-state index contributed by atoms with van der Waals surface area (Å²) in [6.45, 7) is 0.750. The van der Waals surface area contributed by atoms with Crippen LogP contribution in [0.5, 0.6) is 11.5 Å². The smallest absolute Gasteiger partial charge is 0.251 e. The summed E-state index contributed by atoms with van der Waals surface area (Å²) >= 11 is 1.59. The molecule has 0 aliphatic heterocycles. The summed E-state index contributed by atoms with van der Waals surface area (Å²) in [6.07, 6.45) is 1.25. The molecule has 3 aromatic rings. The third kappa shape index (κ3) is 6.32. The highest BCUT2D eigenvalue weighted by molar-refractivity contribution is 7.89. The minimum Gasteiger partial charge on any atom is -0.493 e. The van der Waals surface area contributed by atoms with E-state index >= 15 is 0 Å². The molecule has 0 spiro atoms. The number of ether oxygens (including phenoxy) is 2. The van der Waals surface area contributed by atoms with Crippen molar-refractivity contribution in [2.45, 2.75) is 17.7 Å². The first-order valence-corrected chi connectivity index (χ1v) is 12.4. The number of carbonyl (C=O) groups is 1. The lowest BCUT2D eigenvalue weighted by molar-refractivity contribution is 0.0954. The summed E-state index contributed by atoms with van der Waals surface area (Å²) in [4.78, 5) is 13.7. The highest BCUT2D eigenvalue weighted by atomic mass is 32.2. The lowest BCUT2D eigenvalue weighted by Crippen LogP contribution is -2.27. The van der Waals surface area contributed by atoms with Crippen LogP contribution in [0.2, 0.25) is 0 Å². The summed E-state index contributed by atoms with van der Waals surface area (Å²) in [5, 5.41) is 4.81. The van der Waals surface area contributed by atoms with Gasteiger partial charge in [-0.15, -0.1) is 11.3 Å². The first kappa shape index (κ1) is 23.8. The van der Waals surface area contributed by atoms with E-state index in [-0.39, 0.29) is 10.8 Å². The quantitative estimate of drug-likeness (QED) is 0.445. The van der Waals surface area contributed by atoms with Gasteiger partial charge in [-0.3, -0.25) is 4.79 Å². The van der Waals surface area contributed by atoms with Gasteiger partial charge in [0.25, 0.3) is 5.91 Å². The Balaban J connectivity index is 1.51. The minimum absolute atomic E-state index is 0.130. The van der Waals surface area contributed by atoms with Gasteiger partial charge >= 0.3 is 0 Å². The molecule has 0 aliphatic carbocycles. The van der Waals surface area contributed by atoms with E-state index < -0.39 is 10.0 Å². The van der Waals surface area contributed by atoms with Gasteiger partial charge in [0.15, 0.2) is 11.5 Å². The molecule has 1 heterocycles. The molecule has 0 atom stereocenters. The van der Waals surface area contributed by atoms with Crippen LogP contribution in [0.4, 0.5) is 0 Å². The van der Waals surface area contributed by atoms with Crippen molar-refractivity contribution in [1.82, 2.24) is 10.0 Å². The first-order valence-electron chi connectivity index (χ1n) is 10.0. The number of hydrogen-bond acceptors (Lipinski definition) is 6. The Hall–Kier alpha value is -2.88. The fraction of sp³-hybridized carbons (Fsp3) is 0.261. The second-order valence-electron chi connectivity index (χ2n) is 6.95.